The van der Waals surface area contributed by atoms with Gasteiger partial charge in [-0.15, -0.1) is 0 Å². The van der Waals surface area contributed by atoms with E-state index in [2.05, 4.69) is 23.9 Å². The number of rotatable bonds is 7. The summed E-state index contributed by atoms with van der Waals surface area (Å²) >= 11 is 6.30. The molecule has 7 heteroatoms. The first-order chi connectivity index (χ1) is 15.9. The van der Waals surface area contributed by atoms with Gasteiger partial charge in [0.15, 0.2) is 0 Å². The number of carbonyl (C=O) groups excluding carboxylic acids is 1. The minimum absolute atomic E-state index is 0.142. The molecule has 6 nitrogen and oxygen atoms in total. The molecule has 1 unspecified atom stereocenters. The summed E-state index contributed by atoms with van der Waals surface area (Å²) in [4.78, 5) is 20.1. The van der Waals surface area contributed by atoms with Crippen LogP contribution in [0.15, 0.2) is 36.4 Å². The lowest BCUT2D eigenvalue weighted by Crippen LogP contribution is -2.42. The SMILES string of the molecule is COc1cccc(OC)c1C1CCN(C(=O)C2CN(CCN(C)C)c3cc(Cl)ccc32)CC1. The van der Waals surface area contributed by atoms with Gasteiger partial charge in [0, 0.05) is 49.0 Å². The van der Waals surface area contributed by atoms with Gasteiger partial charge in [0.2, 0.25) is 5.91 Å². The van der Waals surface area contributed by atoms with Crippen molar-refractivity contribution in [3.05, 3.63) is 52.5 Å². The van der Waals surface area contributed by atoms with E-state index in [1.807, 2.05) is 41.3 Å². The number of ether oxygens (including phenoxy) is 2. The minimum Gasteiger partial charge on any atom is -0.496 e. The summed E-state index contributed by atoms with van der Waals surface area (Å²) in [7, 11) is 7.53. The molecule has 0 N–H and O–H groups in total. The predicted molar refractivity (Wildman–Crippen MR) is 133 cm³/mol. The van der Waals surface area contributed by atoms with Gasteiger partial charge in [0.05, 0.1) is 20.1 Å². The van der Waals surface area contributed by atoms with Crippen molar-refractivity contribution in [2.45, 2.75) is 24.7 Å². The van der Waals surface area contributed by atoms with Crippen LogP contribution in [0, 0.1) is 0 Å². The number of halogens is 1. The number of likely N-dealkylation sites (N-methyl/N-ethyl adjacent to an activating group) is 1. The van der Waals surface area contributed by atoms with E-state index in [-0.39, 0.29) is 11.8 Å². The van der Waals surface area contributed by atoms with Crippen molar-refractivity contribution in [3.63, 3.8) is 0 Å². The molecule has 33 heavy (non-hydrogen) atoms. The molecule has 1 atom stereocenters. The third-order valence-corrected chi connectivity index (χ3v) is 7.14. The number of hydrogen-bond acceptors (Lipinski definition) is 5. The first-order valence-electron chi connectivity index (χ1n) is 11.6. The summed E-state index contributed by atoms with van der Waals surface area (Å²) in [5.74, 6) is 2.11. The van der Waals surface area contributed by atoms with E-state index in [0.29, 0.717) is 17.5 Å². The fraction of sp³-hybridized carbons (Fsp3) is 0.500. The van der Waals surface area contributed by atoms with Gasteiger partial charge in [-0.2, -0.15) is 0 Å². The number of fused-ring (bicyclic) bond motifs is 1. The monoisotopic (exact) mass is 471 g/mol. The molecule has 0 bridgehead atoms. The molecule has 1 fully saturated rings. The number of benzene rings is 2. The topological polar surface area (TPSA) is 45.3 Å². The fourth-order valence-electron chi connectivity index (χ4n) is 5.14. The number of methoxy groups -OCH3 is 2. The third-order valence-electron chi connectivity index (χ3n) is 6.91. The predicted octanol–water partition coefficient (Wildman–Crippen LogP) is 4.23. The zero-order chi connectivity index (χ0) is 23.5. The summed E-state index contributed by atoms with van der Waals surface area (Å²) in [6.07, 6.45) is 1.79. The second-order valence-electron chi connectivity index (χ2n) is 9.18. The van der Waals surface area contributed by atoms with Crippen molar-refractivity contribution < 1.29 is 14.3 Å². The Bertz CT molecular complexity index is 966. The highest BCUT2D eigenvalue weighted by molar-refractivity contribution is 6.31. The molecule has 0 aliphatic carbocycles. The number of carbonyl (C=O) groups is 1. The molecule has 1 amide bonds. The van der Waals surface area contributed by atoms with Gasteiger partial charge in [-0.3, -0.25) is 4.79 Å². The summed E-state index contributed by atoms with van der Waals surface area (Å²) < 4.78 is 11.2. The van der Waals surface area contributed by atoms with Crippen molar-refractivity contribution in [2.75, 3.05) is 65.9 Å². The van der Waals surface area contributed by atoms with Crippen LogP contribution >= 0.6 is 11.6 Å². The van der Waals surface area contributed by atoms with Gasteiger partial charge >= 0.3 is 0 Å². The third kappa shape index (κ3) is 4.92. The highest BCUT2D eigenvalue weighted by Crippen LogP contribution is 2.42. The maximum absolute atomic E-state index is 13.6. The van der Waals surface area contributed by atoms with Gasteiger partial charge in [0.25, 0.3) is 0 Å². The number of anilines is 1. The molecule has 0 aromatic heterocycles. The van der Waals surface area contributed by atoms with Gasteiger partial charge in [-0.25, -0.2) is 0 Å². The molecule has 2 heterocycles. The van der Waals surface area contributed by atoms with Crippen molar-refractivity contribution in [1.29, 1.82) is 0 Å². The van der Waals surface area contributed by atoms with Gasteiger partial charge in [-0.1, -0.05) is 23.7 Å². The van der Waals surface area contributed by atoms with Crippen LogP contribution in [-0.4, -0.2) is 76.7 Å². The Morgan fingerprint density at radius 1 is 1.09 bits per heavy atom. The highest BCUT2D eigenvalue weighted by atomic mass is 35.5. The summed E-state index contributed by atoms with van der Waals surface area (Å²) in [5.41, 5.74) is 3.30. The van der Waals surface area contributed by atoms with Crippen LogP contribution in [0.25, 0.3) is 0 Å². The van der Waals surface area contributed by atoms with Crippen LogP contribution in [0.3, 0.4) is 0 Å². The van der Waals surface area contributed by atoms with E-state index in [4.69, 9.17) is 21.1 Å². The maximum atomic E-state index is 13.6. The number of amides is 1. The summed E-state index contributed by atoms with van der Waals surface area (Å²) in [6, 6.07) is 11.8. The van der Waals surface area contributed by atoms with Crippen molar-refractivity contribution in [1.82, 2.24) is 9.80 Å². The van der Waals surface area contributed by atoms with Gasteiger partial charge in [0.1, 0.15) is 11.5 Å². The van der Waals surface area contributed by atoms with Crippen LogP contribution < -0.4 is 14.4 Å². The van der Waals surface area contributed by atoms with Crippen molar-refractivity contribution in [3.8, 4) is 11.5 Å². The molecule has 0 radical (unpaired) electrons. The number of hydrogen-bond donors (Lipinski definition) is 0. The molecular weight excluding hydrogens is 438 g/mol. The number of likely N-dealkylation sites (tertiary alicyclic amines) is 1. The van der Waals surface area contributed by atoms with Crippen LogP contribution in [0.2, 0.25) is 5.02 Å². The lowest BCUT2D eigenvalue weighted by Gasteiger charge is -2.34. The van der Waals surface area contributed by atoms with Crippen LogP contribution in [0.5, 0.6) is 11.5 Å². The van der Waals surface area contributed by atoms with Crippen molar-refractivity contribution >= 4 is 23.2 Å². The Morgan fingerprint density at radius 2 is 1.76 bits per heavy atom. The summed E-state index contributed by atoms with van der Waals surface area (Å²) in [6.45, 7) is 3.99. The normalized spacial score (nSPS) is 18.5. The molecule has 4 rings (SSSR count). The molecule has 0 saturated carbocycles. The minimum atomic E-state index is -0.142. The van der Waals surface area contributed by atoms with E-state index in [9.17, 15) is 4.79 Å². The average Bonchev–Trinajstić information content (AvgIpc) is 3.19. The van der Waals surface area contributed by atoms with Crippen LogP contribution in [0.1, 0.15) is 35.8 Å². The van der Waals surface area contributed by atoms with E-state index >= 15 is 0 Å². The van der Waals surface area contributed by atoms with Gasteiger partial charge < -0.3 is 24.2 Å². The Morgan fingerprint density at radius 3 is 2.36 bits per heavy atom. The number of nitrogens with zero attached hydrogens (tertiary/aromatic N) is 3. The standard InChI is InChI=1S/C26H34ClN3O3/c1-28(2)14-15-30-17-21(20-9-8-19(27)16-22(20)30)26(31)29-12-10-18(11-13-29)25-23(32-3)6-5-7-24(25)33-4/h5-9,16,18,21H,10-15,17H2,1-4H3. The molecule has 2 aliphatic heterocycles. The molecule has 1 saturated heterocycles. The Labute approximate surface area is 202 Å². The molecule has 2 aliphatic rings. The molecule has 178 valence electrons. The maximum Gasteiger partial charge on any atom is 0.231 e. The fourth-order valence-corrected chi connectivity index (χ4v) is 5.30. The molecule has 0 spiro atoms. The van der Waals surface area contributed by atoms with Crippen molar-refractivity contribution in [2.24, 2.45) is 0 Å². The van der Waals surface area contributed by atoms with Crippen LogP contribution in [-0.2, 0) is 4.79 Å². The first-order valence-corrected chi connectivity index (χ1v) is 12.0. The molecule has 2 aromatic carbocycles. The molecule has 2 aromatic rings. The zero-order valence-corrected chi connectivity index (χ0v) is 20.8. The Balaban J connectivity index is 1.47. The Hall–Kier alpha value is -2.44. The van der Waals surface area contributed by atoms with E-state index in [1.54, 1.807) is 14.2 Å². The van der Waals surface area contributed by atoms with E-state index in [1.165, 1.54) is 0 Å². The second-order valence-corrected chi connectivity index (χ2v) is 9.62. The number of piperidine rings is 1. The zero-order valence-electron chi connectivity index (χ0n) is 20.0. The van der Waals surface area contributed by atoms with Gasteiger partial charge in [-0.05, 0) is 62.7 Å². The van der Waals surface area contributed by atoms with E-state index < -0.39 is 0 Å². The molecular formula is C26H34ClN3O3. The quantitative estimate of drug-likeness (QED) is 0.604. The largest absolute Gasteiger partial charge is 0.496 e. The smallest absolute Gasteiger partial charge is 0.231 e. The Kier molecular flexibility index (Phi) is 7.35. The first kappa shape index (κ1) is 23.7. The lowest BCUT2D eigenvalue weighted by molar-refractivity contribution is -0.133. The van der Waals surface area contributed by atoms with Crippen LogP contribution in [0.4, 0.5) is 5.69 Å². The lowest BCUT2D eigenvalue weighted by atomic mass is 9.87. The second kappa shape index (κ2) is 10.2. The average molecular weight is 472 g/mol. The summed E-state index contributed by atoms with van der Waals surface area (Å²) in [5, 5.41) is 0.711. The van der Waals surface area contributed by atoms with E-state index in [0.717, 1.165) is 67.3 Å². The highest BCUT2D eigenvalue weighted by Gasteiger charge is 2.37.